The molecule has 5 nitrogen and oxygen atoms in total. The van der Waals surface area contributed by atoms with Crippen LogP contribution in [0.3, 0.4) is 0 Å². The summed E-state index contributed by atoms with van der Waals surface area (Å²) < 4.78 is 9.69. The maximum absolute atomic E-state index is 10.4. The number of anilines is 1. The second kappa shape index (κ2) is 6.93. The zero-order valence-corrected chi connectivity index (χ0v) is 14.1. The monoisotopic (exact) mass is 326 g/mol. The molecule has 3 aromatic rings. The lowest BCUT2D eigenvalue weighted by atomic mass is 10.2. The van der Waals surface area contributed by atoms with E-state index in [-0.39, 0.29) is 6.61 Å². The molecule has 0 fully saturated rings. The SMILES string of the molecule is CCn1c(N)[n+](C[C@@H](O)COc2cccc(C)c2)c2ccccc21. The number of nitrogen functional groups attached to an aromatic ring is 1. The van der Waals surface area contributed by atoms with Crippen molar-refractivity contribution in [2.75, 3.05) is 12.3 Å². The van der Waals surface area contributed by atoms with Gasteiger partial charge in [-0.3, -0.25) is 5.73 Å². The number of para-hydroxylation sites is 2. The first-order valence-electron chi connectivity index (χ1n) is 8.24. The van der Waals surface area contributed by atoms with Crippen LogP contribution in [-0.2, 0) is 13.1 Å². The van der Waals surface area contributed by atoms with Crippen LogP contribution in [0.2, 0.25) is 0 Å². The van der Waals surface area contributed by atoms with Crippen molar-refractivity contribution in [2.45, 2.75) is 33.0 Å². The van der Waals surface area contributed by atoms with E-state index in [9.17, 15) is 5.11 Å². The van der Waals surface area contributed by atoms with Crippen LogP contribution in [-0.4, -0.2) is 22.4 Å². The molecule has 0 aliphatic carbocycles. The van der Waals surface area contributed by atoms with Gasteiger partial charge < -0.3 is 9.84 Å². The van der Waals surface area contributed by atoms with Crippen LogP contribution in [0.25, 0.3) is 11.0 Å². The molecule has 126 valence electrons. The lowest BCUT2D eigenvalue weighted by Crippen LogP contribution is -2.43. The summed E-state index contributed by atoms with van der Waals surface area (Å²) in [4.78, 5) is 0. The van der Waals surface area contributed by atoms with E-state index in [2.05, 4.69) is 6.92 Å². The Kier molecular flexibility index (Phi) is 4.71. The molecule has 0 saturated heterocycles. The molecule has 3 N–H and O–H groups in total. The van der Waals surface area contributed by atoms with Gasteiger partial charge in [0.15, 0.2) is 0 Å². The topological polar surface area (TPSA) is 64.3 Å². The third kappa shape index (κ3) is 3.21. The van der Waals surface area contributed by atoms with Gasteiger partial charge in [0.2, 0.25) is 0 Å². The number of fused-ring (bicyclic) bond motifs is 1. The highest BCUT2D eigenvalue weighted by molar-refractivity contribution is 5.73. The molecule has 5 heteroatoms. The highest BCUT2D eigenvalue weighted by Gasteiger charge is 2.22. The number of aromatic nitrogens is 2. The molecule has 0 radical (unpaired) electrons. The Labute approximate surface area is 141 Å². The molecule has 0 saturated carbocycles. The highest BCUT2D eigenvalue weighted by atomic mass is 16.5. The number of benzene rings is 2. The average Bonchev–Trinajstić information content (AvgIpc) is 2.85. The summed E-state index contributed by atoms with van der Waals surface area (Å²) in [5.74, 6) is 1.41. The smallest absolute Gasteiger partial charge is 0.356 e. The largest absolute Gasteiger partial charge is 0.491 e. The highest BCUT2D eigenvalue weighted by Crippen LogP contribution is 2.16. The minimum absolute atomic E-state index is 0.224. The van der Waals surface area contributed by atoms with Crippen molar-refractivity contribution in [1.82, 2.24) is 4.57 Å². The van der Waals surface area contributed by atoms with Gasteiger partial charge in [0.05, 0.1) is 6.54 Å². The maximum Gasteiger partial charge on any atom is 0.356 e. The summed E-state index contributed by atoms with van der Waals surface area (Å²) >= 11 is 0. The minimum Gasteiger partial charge on any atom is -0.491 e. The van der Waals surface area contributed by atoms with Crippen molar-refractivity contribution in [3.63, 3.8) is 0 Å². The van der Waals surface area contributed by atoms with Crippen LogP contribution >= 0.6 is 0 Å². The summed E-state index contributed by atoms with van der Waals surface area (Å²) in [7, 11) is 0. The predicted octanol–water partition coefficient (Wildman–Crippen LogP) is 2.28. The average molecular weight is 326 g/mol. The first-order valence-corrected chi connectivity index (χ1v) is 8.24. The van der Waals surface area contributed by atoms with Crippen LogP contribution in [0.5, 0.6) is 5.75 Å². The van der Waals surface area contributed by atoms with Crippen molar-refractivity contribution in [1.29, 1.82) is 0 Å². The zero-order chi connectivity index (χ0) is 17.1. The summed E-state index contributed by atoms with van der Waals surface area (Å²) in [5, 5.41) is 10.4. The van der Waals surface area contributed by atoms with Gasteiger partial charge in [0.1, 0.15) is 36.0 Å². The number of rotatable bonds is 6. The first-order chi connectivity index (χ1) is 11.6. The van der Waals surface area contributed by atoms with Crippen LogP contribution in [0.1, 0.15) is 12.5 Å². The normalized spacial score (nSPS) is 12.5. The number of hydrogen-bond donors (Lipinski definition) is 2. The van der Waals surface area contributed by atoms with Crippen molar-refractivity contribution in [3.05, 3.63) is 54.1 Å². The van der Waals surface area contributed by atoms with E-state index in [1.807, 2.05) is 64.6 Å². The lowest BCUT2D eigenvalue weighted by Gasteiger charge is -2.12. The fraction of sp³-hybridized carbons (Fsp3) is 0.316. The van der Waals surface area contributed by atoms with E-state index in [1.54, 1.807) is 0 Å². The second-order valence-electron chi connectivity index (χ2n) is 5.98. The Morgan fingerprint density at radius 1 is 1.21 bits per heavy atom. The number of hydrogen-bond acceptors (Lipinski definition) is 3. The van der Waals surface area contributed by atoms with Crippen LogP contribution in [0.4, 0.5) is 5.95 Å². The predicted molar refractivity (Wildman–Crippen MR) is 94.9 cm³/mol. The van der Waals surface area contributed by atoms with E-state index in [1.165, 1.54) is 0 Å². The Hall–Kier alpha value is -2.53. The minimum atomic E-state index is -0.645. The first kappa shape index (κ1) is 16.3. The number of ether oxygens (including phenoxy) is 1. The van der Waals surface area contributed by atoms with Gasteiger partial charge in [0.25, 0.3) is 0 Å². The van der Waals surface area contributed by atoms with E-state index in [0.717, 1.165) is 28.9 Å². The van der Waals surface area contributed by atoms with Crippen molar-refractivity contribution >= 4 is 17.0 Å². The quantitative estimate of drug-likeness (QED) is 0.683. The van der Waals surface area contributed by atoms with Gasteiger partial charge in [-0.25, -0.2) is 9.13 Å². The number of nitrogens with zero attached hydrogens (tertiary/aromatic N) is 2. The standard InChI is InChI=1S/C19H23N3O2/c1-3-21-17-9-4-5-10-18(17)22(19(21)20)12-15(23)13-24-16-8-6-7-14(2)11-16/h4-11,15,20,23H,3,12-13H2,1-2H3/p+1/t15-/m1/s1. The number of imidazole rings is 1. The molecule has 24 heavy (non-hydrogen) atoms. The van der Waals surface area contributed by atoms with E-state index in [0.29, 0.717) is 12.5 Å². The molecule has 1 heterocycles. The zero-order valence-electron chi connectivity index (χ0n) is 14.1. The molecule has 0 spiro atoms. The second-order valence-corrected chi connectivity index (χ2v) is 5.98. The van der Waals surface area contributed by atoms with Crippen LogP contribution in [0, 0.1) is 6.92 Å². The molecule has 0 amide bonds. The van der Waals surface area contributed by atoms with Crippen LogP contribution in [0.15, 0.2) is 48.5 Å². The third-order valence-corrected chi connectivity index (χ3v) is 4.16. The molecular formula is C19H24N3O2+. The summed E-state index contributed by atoms with van der Waals surface area (Å²) in [6.45, 7) is 5.48. The van der Waals surface area contributed by atoms with Gasteiger partial charge in [-0.1, -0.05) is 24.3 Å². The van der Waals surface area contributed by atoms with Crippen LogP contribution < -0.4 is 15.0 Å². The Bertz CT molecular complexity index is 842. The summed E-state index contributed by atoms with van der Waals surface area (Å²) in [5.41, 5.74) is 9.50. The Morgan fingerprint density at radius 2 is 2.00 bits per heavy atom. The fourth-order valence-electron chi connectivity index (χ4n) is 3.00. The van der Waals surface area contributed by atoms with Gasteiger partial charge in [-0.2, -0.15) is 0 Å². The molecule has 0 bridgehead atoms. The van der Waals surface area contributed by atoms with Gasteiger partial charge in [-0.05, 0) is 43.7 Å². The van der Waals surface area contributed by atoms with Crippen molar-refractivity contribution < 1.29 is 14.4 Å². The Morgan fingerprint density at radius 3 is 2.75 bits per heavy atom. The van der Waals surface area contributed by atoms with E-state index in [4.69, 9.17) is 10.5 Å². The van der Waals surface area contributed by atoms with Crippen molar-refractivity contribution in [2.24, 2.45) is 0 Å². The summed E-state index contributed by atoms with van der Waals surface area (Å²) in [6.07, 6.45) is -0.645. The molecule has 2 aromatic carbocycles. The molecule has 0 aliphatic rings. The third-order valence-electron chi connectivity index (χ3n) is 4.16. The van der Waals surface area contributed by atoms with E-state index < -0.39 is 6.10 Å². The van der Waals surface area contributed by atoms with Gasteiger partial charge >= 0.3 is 5.95 Å². The molecular weight excluding hydrogens is 302 g/mol. The van der Waals surface area contributed by atoms with E-state index >= 15 is 0 Å². The molecule has 0 aliphatic heterocycles. The number of nitrogens with two attached hydrogens (primary N) is 1. The maximum atomic E-state index is 10.4. The number of aryl methyl sites for hydroxylation is 2. The number of aliphatic hydroxyl groups excluding tert-OH is 1. The Balaban J connectivity index is 1.76. The van der Waals surface area contributed by atoms with Gasteiger partial charge in [-0.15, -0.1) is 0 Å². The lowest BCUT2D eigenvalue weighted by molar-refractivity contribution is -0.665. The van der Waals surface area contributed by atoms with Crippen molar-refractivity contribution in [3.8, 4) is 5.75 Å². The molecule has 1 aromatic heterocycles. The summed E-state index contributed by atoms with van der Waals surface area (Å²) in [6, 6.07) is 15.8. The fourth-order valence-corrected chi connectivity index (χ4v) is 3.00. The molecule has 1 atom stereocenters. The number of aliphatic hydroxyl groups is 1. The molecule has 3 rings (SSSR count). The van der Waals surface area contributed by atoms with Gasteiger partial charge in [0, 0.05) is 0 Å². The molecule has 0 unspecified atom stereocenters.